The van der Waals surface area contributed by atoms with Gasteiger partial charge in [0.1, 0.15) is 6.04 Å². The van der Waals surface area contributed by atoms with Crippen LogP contribution in [0.2, 0.25) is 0 Å². The number of benzene rings is 1. The number of hydrogen-bond acceptors (Lipinski definition) is 3. The van der Waals surface area contributed by atoms with Crippen LogP contribution in [0.25, 0.3) is 0 Å². The molecule has 0 unspecified atom stereocenters. The predicted octanol–water partition coefficient (Wildman–Crippen LogP) is 2.02. The molecule has 0 N–H and O–H groups in total. The summed E-state index contributed by atoms with van der Waals surface area (Å²) in [5.41, 5.74) is 1.80. The van der Waals surface area contributed by atoms with Crippen molar-refractivity contribution in [3.8, 4) is 0 Å². The van der Waals surface area contributed by atoms with Crippen molar-refractivity contribution in [2.24, 2.45) is 0 Å². The number of nitrogens with zero attached hydrogens (tertiary/aromatic N) is 3. The zero-order valence-corrected chi connectivity index (χ0v) is 13.7. The van der Waals surface area contributed by atoms with E-state index in [4.69, 9.17) is 0 Å². The van der Waals surface area contributed by atoms with Crippen molar-refractivity contribution in [3.05, 3.63) is 29.3 Å². The molecule has 6 nitrogen and oxygen atoms in total. The highest BCUT2D eigenvalue weighted by atomic mass is 16.2. The molecule has 0 radical (unpaired) electrons. The molecule has 122 valence electrons. The lowest BCUT2D eigenvalue weighted by atomic mass is 10.0. The summed E-state index contributed by atoms with van der Waals surface area (Å²) in [6, 6.07) is 4.54. The van der Waals surface area contributed by atoms with Crippen LogP contribution in [0.15, 0.2) is 18.2 Å². The minimum absolute atomic E-state index is 0.150. The Labute approximate surface area is 135 Å². The molecule has 2 aliphatic rings. The number of aryl methyl sites for hydroxylation is 1. The van der Waals surface area contributed by atoms with Crippen LogP contribution in [0, 0.1) is 6.92 Å². The summed E-state index contributed by atoms with van der Waals surface area (Å²) in [6.07, 6.45) is 2.62. The van der Waals surface area contributed by atoms with Gasteiger partial charge in [-0.3, -0.25) is 9.59 Å². The highest BCUT2D eigenvalue weighted by Gasteiger charge is 2.47. The van der Waals surface area contributed by atoms with E-state index in [2.05, 4.69) is 0 Å². The first-order valence-corrected chi connectivity index (χ1v) is 7.88. The molecule has 6 heteroatoms. The Morgan fingerprint density at radius 1 is 1.22 bits per heavy atom. The standard InChI is InChI=1S/C17H21N3O3/c1-11-7-8-12(15(21)18(2)3)10-14(11)20-16(22)13-6-4-5-9-19(13)17(20)23/h7-8,10,13H,4-6,9H2,1-3H3/t13-/m1/s1. The number of piperidine rings is 1. The van der Waals surface area contributed by atoms with Crippen LogP contribution in [0.1, 0.15) is 35.2 Å². The average molecular weight is 315 g/mol. The first-order valence-electron chi connectivity index (χ1n) is 7.88. The number of rotatable bonds is 2. The Bertz CT molecular complexity index is 660. The van der Waals surface area contributed by atoms with E-state index in [0.29, 0.717) is 17.8 Å². The van der Waals surface area contributed by atoms with E-state index in [-0.39, 0.29) is 23.9 Å². The van der Waals surface area contributed by atoms with Crippen LogP contribution < -0.4 is 4.90 Å². The molecule has 2 saturated heterocycles. The third-order valence-electron chi connectivity index (χ3n) is 4.55. The largest absolute Gasteiger partial charge is 0.345 e. The van der Waals surface area contributed by atoms with Crippen molar-refractivity contribution in [1.29, 1.82) is 0 Å². The minimum atomic E-state index is -0.344. The van der Waals surface area contributed by atoms with Crippen LogP contribution in [-0.2, 0) is 4.79 Å². The Balaban J connectivity index is 2.01. The Morgan fingerprint density at radius 2 is 1.96 bits per heavy atom. The SMILES string of the molecule is Cc1ccc(C(=O)N(C)C)cc1N1C(=O)[C@H]2CCCCN2C1=O. The van der Waals surface area contributed by atoms with Gasteiger partial charge in [0.05, 0.1) is 5.69 Å². The van der Waals surface area contributed by atoms with E-state index in [1.54, 1.807) is 37.2 Å². The van der Waals surface area contributed by atoms with E-state index in [1.165, 1.54) is 9.80 Å². The Kier molecular flexibility index (Phi) is 3.83. The Hall–Kier alpha value is -2.37. The number of amides is 4. The molecular formula is C17H21N3O3. The molecule has 1 aromatic rings. The van der Waals surface area contributed by atoms with Crippen molar-refractivity contribution in [2.75, 3.05) is 25.5 Å². The van der Waals surface area contributed by atoms with Gasteiger partial charge < -0.3 is 9.80 Å². The van der Waals surface area contributed by atoms with Crippen LogP contribution in [0.5, 0.6) is 0 Å². The average Bonchev–Trinajstić information content (AvgIpc) is 2.79. The number of anilines is 1. The van der Waals surface area contributed by atoms with Crippen LogP contribution >= 0.6 is 0 Å². The zero-order valence-electron chi connectivity index (χ0n) is 13.7. The van der Waals surface area contributed by atoms with Gasteiger partial charge in [-0.1, -0.05) is 6.07 Å². The second kappa shape index (κ2) is 5.68. The number of imide groups is 1. The third-order valence-corrected chi connectivity index (χ3v) is 4.55. The number of hydrogen-bond donors (Lipinski definition) is 0. The number of urea groups is 1. The molecule has 2 heterocycles. The van der Waals surface area contributed by atoms with Gasteiger partial charge in [-0.25, -0.2) is 9.69 Å². The summed E-state index contributed by atoms with van der Waals surface area (Å²) in [5.74, 6) is -0.324. The van der Waals surface area contributed by atoms with Crippen LogP contribution in [0.4, 0.5) is 10.5 Å². The highest BCUT2D eigenvalue weighted by molar-refractivity contribution is 6.22. The maximum atomic E-state index is 12.7. The molecule has 2 aliphatic heterocycles. The smallest absolute Gasteiger partial charge is 0.332 e. The molecule has 0 aromatic heterocycles. The van der Waals surface area contributed by atoms with Crippen molar-refractivity contribution >= 4 is 23.5 Å². The molecule has 0 saturated carbocycles. The molecule has 0 aliphatic carbocycles. The third kappa shape index (κ3) is 2.48. The van der Waals surface area contributed by atoms with Gasteiger partial charge in [0.25, 0.3) is 11.8 Å². The summed E-state index contributed by atoms with van der Waals surface area (Å²) in [5, 5.41) is 0. The first-order chi connectivity index (χ1) is 10.9. The van der Waals surface area contributed by atoms with Crippen LogP contribution in [-0.4, -0.2) is 54.3 Å². The van der Waals surface area contributed by atoms with E-state index in [9.17, 15) is 14.4 Å². The summed E-state index contributed by atoms with van der Waals surface area (Å²) < 4.78 is 0. The second-order valence-corrected chi connectivity index (χ2v) is 6.36. The molecule has 0 spiro atoms. The molecule has 0 bridgehead atoms. The number of carbonyl (C=O) groups is 3. The van der Waals surface area contributed by atoms with Crippen molar-refractivity contribution in [1.82, 2.24) is 9.80 Å². The molecule has 2 fully saturated rings. The van der Waals surface area contributed by atoms with Gasteiger partial charge in [0.2, 0.25) is 0 Å². The van der Waals surface area contributed by atoms with E-state index < -0.39 is 0 Å². The summed E-state index contributed by atoms with van der Waals surface area (Å²) >= 11 is 0. The Morgan fingerprint density at radius 3 is 2.61 bits per heavy atom. The summed E-state index contributed by atoms with van der Waals surface area (Å²) in [7, 11) is 3.35. The monoisotopic (exact) mass is 315 g/mol. The number of fused-ring (bicyclic) bond motifs is 1. The minimum Gasteiger partial charge on any atom is -0.345 e. The lowest BCUT2D eigenvalue weighted by Crippen LogP contribution is -2.39. The zero-order chi connectivity index (χ0) is 16.7. The maximum absolute atomic E-state index is 12.7. The van der Waals surface area contributed by atoms with Gasteiger partial charge >= 0.3 is 6.03 Å². The van der Waals surface area contributed by atoms with Gasteiger partial charge in [0, 0.05) is 26.2 Å². The van der Waals surface area contributed by atoms with Gasteiger partial charge in [-0.05, 0) is 43.9 Å². The predicted molar refractivity (Wildman–Crippen MR) is 86.4 cm³/mol. The fourth-order valence-corrected chi connectivity index (χ4v) is 3.25. The second-order valence-electron chi connectivity index (χ2n) is 6.36. The highest BCUT2D eigenvalue weighted by Crippen LogP contribution is 2.32. The molecule has 3 rings (SSSR count). The van der Waals surface area contributed by atoms with E-state index in [0.717, 1.165) is 24.8 Å². The summed E-state index contributed by atoms with van der Waals surface area (Å²) in [6.45, 7) is 2.47. The fraction of sp³-hybridized carbons (Fsp3) is 0.471. The van der Waals surface area contributed by atoms with E-state index >= 15 is 0 Å². The van der Waals surface area contributed by atoms with Gasteiger partial charge in [-0.2, -0.15) is 0 Å². The lowest BCUT2D eigenvalue weighted by molar-refractivity contribution is -0.120. The van der Waals surface area contributed by atoms with Gasteiger partial charge in [-0.15, -0.1) is 0 Å². The van der Waals surface area contributed by atoms with E-state index in [1.807, 2.05) is 6.92 Å². The van der Waals surface area contributed by atoms with Crippen molar-refractivity contribution < 1.29 is 14.4 Å². The van der Waals surface area contributed by atoms with Crippen molar-refractivity contribution in [2.45, 2.75) is 32.2 Å². The molecule has 1 aromatic carbocycles. The maximum Gasteiger partial charge on any atom is 0.332 e. The quantitative estimate of drug-likeness (QED) is 0.785. The topological polar surface area (TPSA) is 60.9 Å². The fourth-order valence-electron chi connectivity index (χ4n) is 3.25. The van der Waals surface area contributed by atoms with Crippen LogP contribution in [0.3, 0.4) is 0 Å². The molecular weight excluding hydrogens is 294 g/mol. The molecule has 1 atom stereocenters. The lowest BCUT2D eigenvalue weighted by Gasteiger charge is -2.26. The van der Waals surface area contributed by atoms with Crippen molar-refractivity contribution in [3.63, 3.8) is 0 Å². The molecule has 23 heavy (non-hydrogen) atoms. The van der Waals surface area contributed by atoms with Gasteiger partial charge in [0.15, 0.2) is 0 Å². The summed E-state index contributed by atoms with van der Waals surface area (Å²) in [4.78, 5) is 41.9. The molecule has 4 amide bonds. The normalized spacial score (nSPS) is 20.7. The number of carbonyl (C=O) groups excluding carboxylic acids is 3. The first kappa shape index (κ1) is 15.5.